The van der Waals surface area contributed by atoms with Crippen LogP contribution in [-0.4, -0.2) is 23.1 Å². The molecule has 0 radical (unpaired) electrons. The van der Waals surface area contributed by atoms with E-state index >= 15 is 0 Å². The van der Waals surface area contributed by atoms with Gasteiger partial charge in [-0.15, -0.1) is 0 Å². The van der Waals surface area contributed by atoms with Crippen LogP contribution in [0.2, 0.25) is 5.02 Å². The summed E-state index contributed by atoms with van der Waals surface area (Å²) in [7, 11) is 0. The van der Waals surface area contributed by atoms with Crippen molar-refractivity contribution in [2.45, 2.75) is 13.8 Å². The van der Waals surface area contributed by atoms with Crippen LogP contribution in [0.1, 0.15) is 14.0 Å². The van der Waals surface area contributed by atoms with Gasteiger partial charge < -0.3 is 2.85 Å². The maximum atomic E-state index is 5.78. The SMILES string of the molecule is Cc1ccc(Cl)c(C)c1.[H-].[H-].[Mg+2]. The van der Waals surface area contributed by atoms with E-state index in [1.165, 1.54) is 5.56 Å². The van der Waals surface area contributed by atoms with E-state index in [0.717, 1.165) is 10.6 Å². The monoisotopic (exact) mass is 166 g/mol. The van der Waals surface area contributed by atoms with Gasteiger partial charge in [0.25, 0.3) is 0 Å². The summed E-state index contributed by atoms with van der Waals surface area (Å²) in [5.74, 6) is 0. The largest absolute Gasteiger partial charge is 2.00 e. The normalized spacial score (nSPS) is 8.70. The maximum Gasteiger partial charge on any atom is 2.00 e. The third-order valence-corrected chi connectivity index (χ3v) is 1.74. The van der Waals surface area contributed by atoms with Crippen molar-refractivity contribution < 1.29 is 2.85 Å². The van der Waals surface area contributed by atoms with Gasteiger partial charge in [0.05, 0.1) is 0 Å². The molecule has 1 aromatic rings. The number of aryl methyl sites for hydroxylation is 2. The number of benzene rings is 1. The first-order chi connectivity index (χ1) is 4.20. The summed E-state index contributed by atoms with van der Waals surface area (Å²) >= 11 is 5.78. The second-order valence-corrected chi connectivity index (χ2v) is 2.66. The number of halogens is 1. The Balaban J connectivity index is -0.000000270. The van der Waals surface area contributed by atoms with E-state index in [0.29, 0.717) is 0 Å². The Labute approximate surface area is 85.7 Å². The second-order valence-electron chi connectivity index (χ2n) is 2.25. The van der Waals surface area contributed by atoms with Gasteiger partial charge in [-0.05, 0) is 25.5 Å². The standard InChI is InChI=1S/C8H9Cl.Mg.2H/c1-6-3-4-8(9)7(2)5-6;;;/h3-5H,1-2H3;;;/q;+2;2*-1. The van der Waals surface area contributed by atoms with Gasteiger partial charge in [0.15, 0.2) is 0 Å². The summed E-state index contributed by atoms with van der Waals surface area (Å²) in [5, 5.41) is 0.848. The van der Waals surface area contributed by atoms with E-state index < -0.39 is 0 Å². The van der Waals surface area contributed by atoms with E-state index in [4.69, 9.17) is 11.6 Å². The predicted molar refractivity (Wildman–Crippen MR) is 48.9 cm³/mol. The molecule has 0 nitrogen and oxygen atoms in total. The van der Waals surface area contributed by atoms with Crippen LogP contribution in [0.5, 0.6) is 0 Å². The van der Waals surface area contributed by atoms with E-state index in [-0.39, 0.29) is 25.9 Å². The molecule has 2 heteroatoms. The van der Waals surface area contributed by atoms with Crippen molar-refractivity contribution in [2.24, 2.45) is 0 Å². The van der Waals surface area contributed by atoms with Gasteiger partial charge in [-0.25, -0.2) is 0 Å². The molecule has 1 rings (SSSR count). The zero-order chi connectivity index (χ0) is 6.85. The molecule has 0 aromatic heterocycles. The summed E-state index contributed by atoms with van der Waals surface area (Å²) < 4.78 is 0. The molecule has 0 unspecified atom stereocenters. The van der Waals surface area contributed by atoms with Gasteiger partial charge >= 0.3 is 23.1 Å². The minimum atomic E-state index is 0. The minimum absolute atomic E-state index is 0. The Morgan fingerprint density at radius 3 is 2.30 bits per heavy atom. The Hall–Kier alpha value is 0.276. The Morgan fingerprint density at radius 2 is 1.90 bits per heavy atom. The molecule has 0 N–H and O–H groups in total. The number of rotatable bonds is 0. The van der Waals surface area contributed by atoms with Gasteiger partial charge in [-0.2, -0.15) is 0 Å². The average molecular weight is 167 g/mol. The van der Waals surface area contributed by atoms with Crippen LogP contribution in [0.3, 0.4) is 0 Å². The summed E-state index contributed by atoms with van der Waals surface area (Å²) in [6.45, 7) is 4.07. The molecular formula is C8H11ClMg. The maximum absolute atomic E-state index is 5.78. The minimum Gasteiger partial charge on any atom is -1.00 e. The van der Waals surface area contributed by atoms with Crippen molar-refractivity contribution >= 4 is 34.7 Å². The van der Waals surface area contributed by atoms with Crippen LogP contribution < -0.4 is 0 Å². The fraction of sp³-hybridized carbons (Fsp3) is 0.250. The molecule has 0 saturated carbocycles. The molecule has 0 aliphatic heterocycles. The van der Waals surface area contributed by atoms with Gasteiger partial charge in [0.2, 0.25) is 0 Å². The van der Waals surface area contributed by atoms with Crippen molar-refractivity contribution in [3.8, 4) is 0 Å². The molecule has 1 aromatic carbocycles. The number of hydrogen-bond donors (Lipinski definition) is 0. The van der Waals surface area contributed by atoms with E-state index in [2.05, 4.69) is 13.0 Å². The fourth-order valence-electron chi connectivity index (χ4n) is 0.795. The van der Waals surface area contributed by atoms with E-state index in [1.807, 2.05) is 19.1 Å². The molecule has 10 heavy (non-hydrogen) atoms. The van der Waals surface area contributed by atoms with Crippen LogP contribution in [0.15, 0.2) is 18.2 Å². The molecule has 0 bridgehead atoms. The molecular weight excluding hydrogens is 156 g/mol. The van der Waals surface area contributed by atoms with Crippen molar-refractivity contribution in [1.82, 2.24) is 0 Å². The van der Waals surface area contributed by atoms with Crippen molar-refractivity contribution in [3.05, 3.63) is 34.3 Å². The Kier molecular flexibility index (Phi) is 4.33. The van der Waals surface area contributed by atoms with Crippen LogP contribution >= 0.6 is 11.6 Å². The molecule has 0 aliphatic carbocycles. The molecule has 0 amide bonds. The molecule has 0 atom stereocenters. The van der Waals surface area contributed by atoms with Gasteiger partial charge in [0.1, 0.15) is 0 Å². The van der Waals surface area contributed by atoms with Crippen LogP contribution in [-0.2, 0) is 0 Å². The van der Waals surface area contributed by atoms with Crippen molar-refractivity contribution in [2.75, 3.05) is 0 Å². The van der Waals surface area contributed by atoms with Gasteiger partial charge in [-0.3, -0.25) is 0 Å². The zero-order valence-electron chi connectivity index (χ0n) is 8.32. The second kappa shape index (κ2) is 4.22. The topological polar surface area (TPSA) is 0 Å². The molecule has 0 saturated heterocycles. The van der Waals surface area contributed by atoms with Crippen LogP contribution in [0.4, 0.5) is 0 Å². The predicted octanol–water partition coefficient (Wildman–Crippen LogP) is 2.80. The third kappa shape index (κ3) is 2.49. The first-order valence-electron chi connectivity index (χ1n) is 2.93. The average Bonchev–Trinajstić information content (AvgIpc) is 1.80. The molecule has 0 heterocycles. The molecule has 52 valence electrons. The van der Waals surface area contributed by atoms with Crippen LogP contribution in [0.25, 0.3) is 0 Å². The Bertz CT molecular complexity index is 228. The molecule has 0 aliphatic rings. The van der Waals surface area contributed by atoms with Crippen molar-refractivity contribution in [3.63, 3.8) is 0 Å². The molecule has 0 fully saturated rings. The zero-order valence-corrected chi connectivity index (χ0v) is 8.49. The first kappa shape index (κ1) is 10.3. The summed E-state index contributed by atoms with van der Waals surface area (Å²) in [5.41, 5.74) is 2.41. The summed E-state index contributed by atoms with van der Waals surface area (Å²) in [6.07, 6.45) is 0. The molecule has 0 spiro atoms. The van der Waals surface area contributed by atoms with Gasteiger partial charge in [-0.1, -0.05) is 29.3 Å². The summed E-state index contributed by atoms with van der Waals surface area (Å²) in [4.78, 5) is 0. The van der Waals surface area contributed by atoms with Crippen LogP contribution in [0, 0.1) is 13.8 Å². The Morgan fingerprint density at radius 1 is 1.30 bits per heavy atom. The smallest absolute Gasteiger partial charge is 1.00 e. The fourth-order valence-corrected chi connectivity index (χ4v) is 0.912. The quantitative estimate of drug-likeness (QED) is 0.521. The van der Waals surface area contributed by atoms with E-state index in [1.54, 1.807) is 0 Å². The number of hydrogen-bond acceptors (Lipinski definition) is 0. The van der Waals surface area contributed by atoms with Gasteiger partial charge in [0, 0.05) is 5.02 Å². The third-order valence-electron chi connectivity index (χ3n) is 1.31. The summed E-state index contributed by atoms with van der Waals surface area (Å²) in [6, 6.07) is 6.00. The first-order valence-corrected chi connectivity index (χ1v) is 3.30. The van der Waals surface area contributed by atoms with Crippen molar-refractivity contribution in [1.29, 1.82) is 0 Å². The van der Waals surface area contributed by atoms with E-state index in [9.17, 15) is 0 Å².